The van der Waals surface area contributed by atoms with Crippen LogP contribution in [0.2, 0.25) is 0 Å². The van der Waals surface area contributed by atoms with E-state index in [9.17, 15) is 18.0 Å². The molecule has 30 heavy (non-hydrogen) atoms. The Balaban J connectivity index is 0.000000396. The van der Waals surface area contributed by atoms with Crippen LogP contribution >= 0.6 is 11.3 Å². The topological polar surface area (TPSA) is 104 Å². The SMILES string of the molecule is CNC(=O)NCC1CCC2(CCN(Cc3nccs3)CC2)CO1.O=C(O)C(F)(F)F. The van der Waals surface area contributed by atoms with Crippen molar-refractivity contribution in [3.8, 4) is 0 Å². The molecule has 12 heteroatoms. The number of aromatic nitrogens is 1. The number of rotatable bonds is 4. The fraction of sp³-hybridized carbons (Fsp3) is 0.722. The fourth-order valence-electron chi connectivity index (χ4n) is 3.48. The zero-order valence-corrected chi connectivity index (χ0v) is 17.5. The van der Waals surface area contributed by atoms with Crippen LogP contribution in [0.15, 0.2) is 11.6 Å². The van der Waals surface area contributed by atoms with Gasteiger partial charge in [0.1, 0.15) is 5.01 Å². The molecule has 1 atom stereocenters. The smallest absolute Gasteiger partial charge is 0.475 e. The third-order valence-corrected chi connectivity index (χ3v) is 6.11. The Bertz CT molecular complexity index is 669. The van der Waals surface area contributed by atoms with Crippen LogP contribution in [0.25, 0.3) is 0 Å². The van der Waals surface area contributed by atoms with Gasteiger partial charge in [-0.25, -0.2) is 14.6 Å². The predicted molar refractivity (Wildman–Crippen MR) is 104 cm³/mol. The fourth-order valence-corrected chi connectivity index (χ4v) is 4.13. The van der Waals surface area contributed by atoms with Crippen molar-refractivity contribution in [2.45, 2.75) is 44.5 Å². The molecule has 2 saturated heterocycles. The second-order valence-electron chi connectivity index (χ2n) is 7.44. The highest BCUT2D eigenvalue weighted by atomic mass is 32.1. The number of hydrogen-bond donors (Lipinski definition) is 3. The van der Waals surface area contributed by atoms with E-state index in [0.717, 1.165) is 32.7 Å². The van der Waals surface area contributed by atoms with Crippen molar-refractivity contribution >= 4 is 23.3 Å². The number of alkyl halides is 3. The zero-order valence-electron chi connectivity index (χ0n) is 16.7. The van der Waals surface area contributed by atoms with E-state index in [4.69, 9.17) is 14.6 Å². The van der Waals surface area contributed by atoms with E-state index in [0.29, 0.717) is 12.0 Å². The number of amides is 2. The number of halogens is 3. The molecule has 2 amide bonds. The lowest BCUT2D eigenvalue weighted by Gasteiger charge is -2.45. The van der Waals surface area contributed by atoms with Crippen LogP contribution in [0, 0.1) is 5.41 Å². The van der Waals surface area contributed by atoms with Crippen LogP contribution in [0.4, 0.5) is 18.0 Å². The number of piperidine rings is 1. The number of likely N-dealkylation sites (tertiary alicyclic amines) is 1. The summed E-state index contributed by atoms with van der Waals surface area (Å²) in [5.41, 5.74) is 0.350. The van der Waals surface area contributed by atoms with Gasteiger partial charge in [0, 0.05) is 25.2 Å². The lowest BCUT2D eigenvalue weighted by molar-refractivity contribution is -0.192. The third kappa shape index (κ3) is 7.73. The number of thiazole rings is 1. The first-order valence-corrected chi connectivity index (χ1v) is 10.5. The molecule has 1 aromatic heterocycles. The Labute approximate surface area is 176 Å². The zero-order chi connectivity index (χ0) is 22.2. The molecule has 0 radical (unpaired) electrons. The lowest BCUT2D eigenvalue weighted by Crippen LogP contribution is -2.48. The lowest BCUT2D eigenvalue weighted by atomic mass is 9.73. The van der Waals surface area contributed by atoms with Crippen LogP contribution in [0.5, 0.6) is 0 Å². The van der Waals surface area contributed by atoms with Gasteiger partial charge in [0.05, 0.1) is 19.3 Å². The highest BCUT2D eigenvalue weighted by Crippen LogP contribution is 2.40. The summed E-state index contributed by atoms with van der Waals surface area (Å²) in [7, 11) is 1.63. The molecule has 3 N–H and O–H groups in total. The number of nitrogens with one attached hydrogen (secondary N) is 2. The number of carbonyl (C=O) groups excluding carboxylic acids is 1. The molecule has 1 spiro atoms. The van der Waals surface area contributed by atoms with E-state index in [1.54, 1.807) is 18.4 Å². The van der Waals surface area contributed by atoms with Gasteiger partial charge >= 0.3 is 18.2 Å². The minimum absolute atomic E-state index is 0.135. The van der Waals surface area contributed by atoms with Crippen molar-refractivity contribution in [2.24, 2.45) is 5.41 Å². The average Bonchev–Trinajstić information content (AvgIpc) is 3.22. The maximum absolute atomic E-state index is 11.2. The molecule has 0 aliphatic carbocycles. The first-order valence-electron chi connectivity index (χ1n) is 9.61. The number of carbonyl (C=O) groups is 2. The molecule has 3 heterocycles. The number of ether oxygens (including phenoxy) is 1. The van der Waals surface area contributed by atoms with Crippen molar-refractivity contribution in [3.05, 3.63) is 16.6 Å². The molecule has 170 valence electrons. The maximum Gasteiger partial charge on any atom is 0.490 e. The molecule has 1 aromatic rings. The van der Waals surface area contributed by atoms with E-state index in [1.165, 1.54) is 24.3 Å². The largest absolute Gasteiger partial charge is 0.490 e. The quantitative estimate of drug-likeness (QED) is 0.649. The van der Waals surface area contributed by atoms with Gasteiger partial charge in [0.25, 0.3) is 0 Å². The molecule has 3 rings (SSSR count). The van der Waals surface area contributed by atoms with Crippen LogP contribution in [-0.4, -0.2) is 72.6 Å². The third-order valence-electron chi connectivity index (χ3n) is 5.34. The molecule has 2 fully saturated rings. The standard InChI is InChI=1S/C16H26N4O2S.C2HF3O2/c1-17-15(21)19-10-13-2-3-16(12-22-13)4-7-20(8-5-16)11-14-18-6-9-23-14;3-2(4,5)1(6)7/h6,9,13H,2-5,7-8,10-12H2,1H3,(H2,17,19,21);(H,6,7). The van der Waals surface area contributed by atoms with Gasteiger partial charge in [-0.2, -0.15) is 13.2 Å². The van der Waals surface area contributed by atoms with Gasteiger partial charge in [0.15, 0.2) is 0 Å². The highest BCUT2D eigenvalue weighted by molar-refractivity contribution is 7.09. The number of urea groups is 1. The molecule has 2 aliphatic rings. The molecule has 8 nitrogen and oxygen atoms in total. The summed E-state index contributed by atoms with van der Waals surface area (Å²) in [6, 6.07) is -0.135. The predicted octanol–water partition coefficient (Wildman–Crippen LogP) is 2.47. The number of nitrogens with zero attached hydrogens (tertiary/aromatic N) is 2. The summed E-state index contributed by atoms with van der Waals surface area (Å²) < 4.78 is 37.8. The Kier molecular flexibility index (Phi) is 8.86. The molecular weight excluding hydrogens is 425 g/mol. The molecule has 0 saturated carbocycles. The summed E-state index contributed by atoms with van der Waals surface area (Å²) in [6.07, 6.45) is 1.61. The normalized spacial score (nSPS) is 21.4. The number of carboxylic acids is 1. The van der Waals surface area contributed by atoms with Gasteiger partial charge in [-0.3, -0.25) is 4.90 Å². The minimum atomic E-state index is -5.08. The summed E-state index contributed by atoms with van der Waals surface area (Å²) >= 11 is 1.74. The van der Waals surface area contributed by atoms with Crippen molar-refractivity contribution in [1.29, 1.82) is 0 Å². The molecule has 0 aromatic carbocycles. The summed E-state index contributed by atoms with van der Waals surface area (Å²) in [4.78, 5) is 27.0. The molecule has 0 bridgehead atoms. The maximum atomic E-state index is 11.2. The van der Waals surface area contributed by atoms with Gasteiger partial charge in [-0.1, -0.05) is 0 Å². The van der Waals surface area contributed by atoms with Crippen molar-refractivity contribution in [3.63, 3.8) is 0 Å². The number of carboxylic acid groups (broad SMARTS) is 1. The Morgan fingerprint density at radius 2 is 2.03 bits per heavy atom. The van der Waals surface area contributed by atoms with Gasteiger partial charge in [-0.05, 0) is 44.2 Å². The Morgan fingerprint density at radius 1 is 1.37 bits per heavy atom. The summed E-state index contributed by atoms with van der Waals surface area (Å²) in [6.45, 7) is 4.67. The van der Waals surface area contributed by atoms with E-state index in [1.807, 2.05) is 11.6 Å². The van der Waals surface area contributed by atoms with Crippen molar-refractivity contribution in [2.75, 3.05) is 33.3 Å². The molecular formula is C18H27F3N4O4S. The van der Waals surface area contributed by atoms with E-state index < -0.39 is 12.1 Å². The summed E-state index contributed by atoms with van der Waals surface area (Å²) in [5, 5.41) is 15.8. The number of aliphatic carboxylic acids is 1. The van der Waals surface area contributed by atoms with Crippen LogP contribution in [-0.2, 0) is 16.1 Å². The highest BCUT2D eigenvalue weighted by Gasteiger charge is 2.39. The van der Waals surface area contributed by atoms with Crippen molar-refractivity contribution < 1.29 is 32.6 Å². The van der Waals surface area contributed by atoms with Gasteiger partial charge in [0.2, 0.25) is 0 Å². The monoisotopic (exact) mass is 452 g/mol. The Morgan fingerprint density at radius 3 is 2.50 bits per heavy atom. The molecule has 2 aliphatic heterocycles. The van der Waals surface area contributed by atoms with E-state index >= 15 is 0 Å². The summed E-state index contributed by atoms with van der Waals surface area (Å²) in [5.74, 6) is -2.76. The van der Waals surface area contributed by atoms with Crippen LogP contribution in [0.3, 0.4) is 0 Å². The first kappa shape index (κ1) is 24.4. The van der Waals surface area contributed by atoms with E-state index in [2.05, 4.69) is 20.5 Å². The second kappa shape index (κ2) is 10.9. The first-order chi connectivity index (χ1) is 14.1. The Hall–Kier alpha value is -1.92. The second-order valence-corrected chi connectivity index (χ2v) is 8.42. The minimum Gasteiger partial charge on any atom is -0.475 e. The number of hydrogen-bond acceptors (Lipinski definition) is 6. The van der Waals surface area contributed by atoms with Gasteiger partial charge < -0.3 is 20.5 Å². The van der Waals surface area contributed by atoms with Crippen LogP contribution < -0.4 is 10.6 Å². The van der Waals surface area contributed by atoms with E-state index in [-0.39, 0.29) is 12.1 Å². The molecule has 1 unspecified atom stereocenters. The van der Waals surface area contributed by atoms with Crippen LogP contribution in [0.1, 0.15) is 30.7 Å². The average molecular weight is 452 g/mol. The van der Waals surface area contributed by atoms with Gasteiger partial charge in [-0.15, -0.1) is 11.3 Å². The van der Waals surface area contributed by atoms with Crippen molar-refractivity contribution in [1.82, 2.24) is 20.5 Å².